The van der Waals surface area contributed by atoms with Crippen molar-refractivity contribution in [2.45, 2.75) is 33.2 Å². The molecule has 1 aromatic carbocycles. The fourth-order valence-corrected chi connectivity index (χ4v) is 2.31. The molecule has 0 aliphatic heterocycles. The molecule has 2 aromatic heterocycles. The topological polar surface area (TPSA) is 70.8 Å². The number of aryl methyl sites for hydroxylation is 1. The van der Waals surface area contributed by atoms with Crippen molar-refractivity contribution in [3.63, 3.8) is 0 Å². The summed E-state index contributed by atoms with van der Waals surface area (Å²) in [6, 6.07) is 10.1. The molecule has 2 heterocycles. The molecule has 6 nitrogen and oxygen atoms in total. The molecule has 0 aliphatic carbocycles. The number of aromatic amines is 1. The van der Waals surface area contributed by atoms with E-state index in [1.165, 1.54) is 0 Å². The first kappa shape index (κ1) is 15.3. The van der Waals surface area contributed by atoms with Crippen LogP contribution in [0, 0.1) is 6.92 Å². The molecule has 0 atom stereocenters. The second-order valence-corrected chi connectivity index (χ2v) is 6.06. The van der Waals surface area contributed by atoms with Gasteiger partial charge < -0.3 is 9.32 Å². The minimum absolute atomic E-state index is 0.418. The number of hydrogen-bond acceptors (Lipinski definition) is 5. The van der Waals surface area contributed by atoms with Gasteiger partial charge in [-0.25, -0.2) is 0 Å². The lowest BCUT2D eigenvalue weighted by Crippen LogP contribution is -2.16. The van der Waals surface area contributed by atoms with Crippen LogP contribution in [0.5, 0.6) is 0 Å². The summed E-state index contributed by atoms with van der Waals surface area (Å²) < 4.78 is 5.77. The smallest absolute Gasteiger partial charge is 0.247 e. The molecule has 1 N–H and O–H groups in total. The van der Waals surface area contributed by atoms with E-state index in [1.807, 2.05) is 49.2 Å². The summed E-state index contributed by atoms with van der Waals surface area (Å²) in [7, 11) is 1.96. The Balaban J connectivity index is 1.73. The standard InChI is InChI=1S/C17H21N5O/c1-11(2)14-9-15(19-18-14)22(4)10-16-20-21-17(23-16)13-7-5-6-12(3)8-13/h5-9,11H,10H2,1-4H3,(H,18,19). The van der Waals surface area contributed by atoms with E-state index in [1.54, 1.807) is 0 Å². The van der Waals surface area contributed by atoms with Crippen LogP contribution in [0.2, 0.25) is 0 Å². The molecule has 0 amide bonds. The number of H-pyrrole nitrogens is 1. The number of aromatic nitrogens is 4. The molecule has 0 radical (unpaired) electrons. The number of rotatable bonds is 5. The van der Waals surface area contributed by atoms with Gasteiger partial charge in [-0.1, -0.05) is 31.5 Å². The van der Waals surface area contributed by atoms with Crippen LogP contribution in [-0.2, 0) is 6.54 Å². The largest absolute Gasteiger partial charge is 0.419 e. The van der Waals surface area contributed by atoms with Crippen molar-refractivity contribution in [3.05, 3.63) is 47.5 Å². The minimum Gasteiger partial charge on any atom is -0.419 e. The van der Waals surface area contributed by atoms with E-state index in [4.69, 9.17) is 4.42 Å². The zero-order valence-corrected chi connectivity index (χ0v) is 13.9. The van der Waals surface area contributed by atoms with Gasteiger partial charge in [0, 0.05) is 24.4 Å². The minimum atomic E-state index is 0.418. The van der Waals surface area contributed by atoms with E-state index in [-0.39, 0.29) is 0 Å². The molecule has 6 heteroatoms. The van der Waals surface area contributed by atoms with Crippen LogP contribution >= 0.6 is 0 Å². The van der Waals surface area contributed by atoms with Crippen LogP contribution in [0.15, 0.2) is 34.7 Å². The molecular formula is C17H21N5O. The Kier molecular flexibility index (Phi) is 4.14. The Morgan fingerprint density at radius 1 is 1.22 bits per heavy atom. The lowest BCUT2D eigenvalue weighted by atomic mass is 10.1. The molecule has 3 aromatic rings. The quantitative estimate of drug-likeness (QED) is 0.780. The third-order valence-corrected chi connectivity index (χ3v) is 3.70. The third kappa shape index (κ3) is 3.41. The van der Waals surface area contributed by atoms with Crippen molar-refractivity contribution in [2.24, 2.45) is 0 Å². The highest BCUT2D eigenvalue weighted by Crippen LogP contribution is 2.21. The molecule has 3 rings (SSSR count). The molecule has 0 aliphatic rings. The van der Waals surface area contributed by atoms with Crippen molar-refractivity contribution in [3.8, 4) is 11.5 Å². The maximum absolute atomic E-state index is 5.77. The van der Waals surface area contributed by atoms with Gasteiger partial charge in [-0.15, -0.1) is 10.2 Å². The Bertz CT molecular complexity index is 790. The second-order valence-electron chi connectivity index (χ2n) is 6.06. The lowest BCUT2D eigenvalue weighted by molar-refractivity contribution is 0.503. The second kappa shape index (κ2) is 6.24. The van der Waals surface area contributed by atoms with Crippen LogP contribution < -0.4 is 4.90 Å². The van der Waals surface area contributed by atoms with Gasteiger partial charge in [-0.2, -0.15) is 5.10 Å². The van der Waals surface area contributed by atoms with Gasteiger partial charge >= 0.3 is 0 Å². The highest BCUT2D eigenvalue weighted by molar-refractivity contribution is 5.53. The Hall–Kier alpha value is -2.63. The van der Waals surface area contributed by atoms with Crippen LogP contribution in [0.25, 0.3) is 11.5 Å². The Morgan fingerprint density at radius 3 is 2.74 bits per heavy atom. The first-order valence-corrected chi connectivity index (χ1v) is 7.69. The van der Waals surface area contributed by atoms with Crippen molar-refractivity contribution in [1.82, 2.24) is 20.4 Å². The fourth-order valence-electron chi connectivity index (χ4n) is 2.31. The molecule has 0 saturated carbocycles. The summed E-state index contributed by atoms with van der Waals surface area (Å²) in [6.45, 7) is 6.81. The number of anilines is 1. The first-order chi connectivity index (χ1) is 11.0. The zero-order chi connectivity index (χ0) is 16.4. The summed E-state index contributed by atoms with van der Waals surface area (Å²) in [5, 5.41) is 15.6. The highest BCUT2D eigenvalue weighted by atomic mass is 16.4. The summed E-state index contributed by atoms with van der Waals surface area (Å²) in [6.07, 6.45) is 0. The number of hydrogen-bond donors (Lipinski definition) is 1. The van der Waals surface area contributed by atoms with Crippen molar-refractivity contribution < 1.29 is 4.42 Å². The average molecular weight is 311 g/mol. The maximum atomic E-state index is 5.77. The summed E-state index contributed by atoms with van der Waals surface area (Å²) in [4.78, 5) is 1.98. The monoisotopic (exact) mass is 311 g/mol. The molecule has 0 fully saturated rings. The molecule has 0 spiro atoms. The van der Waals surface area contributed by atoms with Gasteiger partial charge in [0.25, 0.3) is 0 Å². The van der Waals surface area contributed by atoms with Gasteiger partial charge in [-0.05, 0) is 25.0 Å². The number of nitrogens with zero attached hydrogens (tertiary/aromatic N) is 4. The average Bonchev–Trinajstić information content (AvgIpc) is 3.16. The molecule has 23 heavy (non-hydrogen) atoms. The van der Waals surface area contributed by atoms with E-state index in [2.05, 4.69) is 34.2 Å². The van der Waals surface area contributed by atoms with E-state index in [9.17, 15) is 0 Å². The summed E-state index contributed by atoms with van der Waals surface area (Å²) in [5.74, 6) is 2.39. The SMILES string of the molecule is Cc1cccc(-c2nnc(CN(C)c3cc(C(C)C)[nH]n3)o2)c1. The molecule has 0 bridgehead atoms. The van der Waals surface area contributed by atoms with Gasteiger partial charge in [0.2, 0.25) is 11.8 Å². The van der Waals surface area contributed by atoms with Gasteiger partial charge in [-0.3, -0.25) is 5.10 Å². The van der Waals surface area contributed by atoms with Gasteiger partial charge in [0.1, 0.15) is 0 Å². The first-order valence-electron chi connectivity index (χ1n) is 7.69. The van der Waals surface area contributed by atoms with Crippen LogP contribution in [0.4, 0.5) is 5.82 Å². The predicted octanol–water partition coefficient (Wildman–Crippen LogP) is 3.53. The van der Waals surface area contributed by atoms with Crippen molar-refractivity contribution in [2.75, 3.05) is 11.9 Å². The van der Waals surface area contributed by atoms with Gasteiger partial charge in [0.15, 0.2) is 5.82 Å². The van der Waals surface area contributed by atoms with Crippen molar-refractivity contribution >= 4 is 5.82 Å². The summed E-state index contributed by atoms with van der Waals surface area (Å²) in [5.41, 5.74) is 3.21. The zero-order valence-electron chi connectivity index (χ0n) is 13.9. The molecular weight excluding hydrogens is 290 g/mol. The maximum Gasteiger partial charge on any atom is 0.247 e. The van der Waals surface area contributed by atoms with E-state index in [0.29, 0.717) is 24.2 Å². The van der Waals surface area contributed by atoms with E-state index >= 15 is 0 Å². The lowest BCUT2D eigenvalue weighted by Gasteiger charge is -2.12. The fraction of sp³-hybridized carbons (Fsp3) is 0.353. The molecule has 120 valence electrons. The third-order valence-electron chi connectivity index (χ3n) is 3.70. The Labute approximate surface area is 135 Å². The van der Waals surface area contributed by atoms with Gasteiger partial charge in [0.05, 0.1) is 6.54 Å². The normalized spacial score (nSPS) is 11.2. The van der Waals surface area contributed by atoms with E-state index in [0.717, 1.165) is 22.6 Å². The predicted molar refractivity (Wildman–Crippen MR) is 89.3 cm³/mol. The molecule has 0 saturated heterocycles. The Morgan fingerprint density at radius 2 is 2.04 bits per heavy atom. The molecule has 0 unspecified atom stereocenters. The van der Waals surface area contributed by atoms with E-state index < -0.39 is 0 Å². The van der Waals surface area contributed by atoms with Crippen LogP contribution in [0.1, 0.15) is 36.9 Å². The summed E-state index contributed by atoms with van der Waals surface area (Å²) >= 11 is 0. The number of nitrogens with one attached hydrogen (secondary N) is 1. The number of benzene rings is 1. The highest BCUT2D eigenvalue weighted by Gasteiger charge is 2.13. The van der Waals surface area contributed by atoms with Crippen molar-refractivity contribution in [1.29, 1.82) is 0 Å². The van der Waals surface area contributed by atoms with Crippen LogP contribution in [0.3, 0.4) is 0 Å². The van der Waals surface area contributed by atoms with Crippen LogP contribution in [-0.4, -0.2) is 27.4 Å².